The molecule has 2 N–H and O–H groups in total. The maximum atomic E-state index is 12.9. The van der Waals surface area contributed by atoms with Gasteiger partial charge < -0.3 is 15.2 Å². The Labute approximate surface area is 163 Å². The van der Waals surface area contributed by atoms with Crippen molar-refractivity contribution in [3.8, 4) is 17.0 Å². The normalized spacial score (nSPS) is 23.6. The van der Waals surface area contributed by atoms with E-state index in [2.05, 4.69) is 20.5 Å². The molecule has 6 nitrogen and oxygen atoms in total. The third-order valence-corrected chi connectivity index (χ3v) is 5.59. The van der Waals surface area contributed by atoms with E-state index >= 15 is 0 Å². The highest BCUT2D eigenvalue weighted by molar-refractivity contribution is 6.00. The van der Waals surface area contributed by atoms with Gasteiger partial charge in [-0.1, -0.05) is 0 Å². The van der Waals surface area contributed by atoms with Crippen molar-refractivity contribution in [2.45, 2.75) is 43.7 Å². The lowest BCUT2D eigenvalue weighted by atomic mass is 9.95. The SMILES string of the molecule is Oc1cc(C(F)(F)F)ccc1-c1nnc(N[C@H]2C[C@H]3CC[C@@H]2O3)c2cnccc12. The first-order valence-corrected chi connectivity index (χ1v) is 9.33. The van der Waals surface area contributed by atoms with Crippen LogP contribution in [0.25, 0.3) is 22.0 Å². The van der Waals surface area contributed by atoms with Gasteiger partial charge in [-0.05, 0) is 43.5 Å². The average Bonchev–Trinajstić information content (AvgIpc) is 3.31. The van der Waals surface area contributed by atoms with Gasteiger partial charge in [-0.3, -0.25) is 4.98 Å². The fraction of sp³-hybridized carbons (Fsp3) is 0.350. The minimum absolute atomic E-state index is 0.136. The molecule has 0 amide bonds. The Hall–Kier alpha value is -2.94. The van der Waals surface area contributed by atoms with Gasteiger partial charge in [0.1, 0.15) is 11.4 Å². The van der Waals surface area contributed by atoms with Gasteiger partial charge in [0.25, 0.3) is 0 Å². The maximum absolute atomic E-state index is 12.9. The van der Waals surface area contributed by atoms with Crippen LogP contribution < -0.4 is 5.32 Å². The fourth-order valence-electron chi connectivity index (χ4n) is 4.18. The van der Waals surface area contributed by atoms with Crippen molar-refractivity contribution in [2.24, 2.45) is 0 Å². The first-order chi connectivity index (χ1) is 13.9. The molecule has 0 radical (unpaired) electrons. The number of anilines is 1. The number of ether oxygens (including phenoxy) is 1. The molecule has 3 aromatic rings. The van der Waals surface area contributed by atoms with E-state index in [1.165, 1.54) is 6.07 Å². The number of rotatable bonds is 3. The van der Waals surface area contributed by atoms with Crippen molar-refractivity contribution in [1.82, 2.24) is 15.2 Å². The highest BCUT2D eigenvalue weighted by Crippen LogP contribution is 2.40. The summed E-state index contributed by atoms with van der Waals surface area (Å²) in [5.41, 5.74) is -0.452. The molecule has 2 fully saturated rings. The average molecular weight is 402 g/mol. The first-order valence-electron chi connectivity index (χ1n) is 9.33. The van der Waals surface area contributed by atoms with E-state index in [9.17, 15) is 18.3 Å². The quantitative estimate of drug-likeness (QED) is 0.685. The molecule has 9 heteroatoms. The van der Waals surface area contributed by atoms with Gasteiger partial charge in [-0.25, -0.2) is 0 Å². The number of alkyl halides is 3. The Kier molecular flexibility index (Phi) is 4.09. The number of pyridine rings is 1. The van der Waals surface area contributed by atoms with Gasteiger partial charge in [-0.15, -0.1) is 10.2 Å². The molecule has 3 atom stereocenters. The van der Waals surface area contributed by atoms with Crippen LogP contribution in [0.4, 0.5) is 19.0 Å². The van der Waals surface area contributed by atoms with Crippen LogP contribution in [-0.2, 0) is 10.9 Å². The number of phenolic OH excluding ortho intramolecular Hbond substituents is 1. The molecule has 2 aliphatic heterocycles. The monoisotopic (exact) mass is 402 g/mol. The summed E-state index contributed by atoms with van der Waals surface area (Å²) in [7, 11) is 0. The van der Waals surface area contributed by atoms with Crippen LogP contribution in [0.15, 0.2) is 36.7 Å². The summed E-state index contributed by atoms with van der Waals surface area (Å²) < 4.78 is 44.6. The Balaban J connectivity index is 1.55. The van der Waals surface area contributed by atoms with Crippen molar-refractivity contribution in [2.75, 3.05) is 5.32 Å². The van der Waals surface area contributed by atoms with Crippen LogP contribution in [0.1, 0.15) is 24.8 Å². The van der Waals surface area contributed by atoms with E-state index in [0.717, 1.165) is 25.3 Å². The zero-order valence-electron chi connectivity index (χ0n) is 15.1. The largest absolute Gasteiger partial charge is 0.507 e. The zero-order valence-corrected chi connectivity index (χ0v) is 15.1. The van der Waals surface area contributed by atoms with Gasteiger partial charge in [-0.2, -0.15) is 13.2 Å². The number of nitrogens with one attached hydrogen (secondary N) is 1. The van der Waals surface area contributed by atoms with Crippen LogP contribution in [0.3, 0.4) is 0 Å². The Morgan fingerprint density at radius 3 is 2.66 bits per heavy atom. The van der Waals surface area contributed by atoms with E-state index in [-0.39, 0.29) is 23.8 Å². The summed E-state index contributed by atoms with van der Waals surface area (Å²) in [6.07, 6.45) is 2.06. The highest BCUT2D eigenvalue weighted by Gasteiger charge is 2.41. The number of nitrogens with zero attached hydrogens (tertiary/aromatic N) is 3. The van der Waals surface area contributed by atoms with Gasteiger partial charge in [0.15, 0.2) is 5.82 Å². The third kappa shape index (κ3) is 3.15. The van der Waals surface area contributed by atoms with Crippen molar-refractivity contribution in [1.29, 1.82) is 0 Å². The Morgan fingerprint density at radius 2 is 1.97 bits per heavy atom. The number of hydrogen-bond acceptors (Lipinski definition) is 6. The summed E-state index contributed by atoms with van der Waals surface area (Å²) >= 11 is 0. The van der Waals surface area contributed by atoms with Crippen molar-refractivity contribution in [3.63, 3.8) is 0 Å². The predicted molar refractivity (Wildman–Crippen MR) is 99.4 cm³/mol. The molecule has 2 aliphatic rings. The molecule has 5 rings (SSSR count). The number of phenols is 1. The van der Waals surface area contributed by atoms with Gasteiger partial charge in [0.2, 0.25) is 0 Å². The van der Waals surface area contributed by atoms with Crippen LogP contribution in [0, 0.1) is 0 Å². The molecule has 1 aromatic carbocycles. The first kappa shape index (κ1) is 18.1. The van der Waals surface area contributed by atoms with Crippen molar-refractivity contribution < 1.29 is 23.0 Å². The third-order valence-electron chi connectivity index (χ3n) is 5.59. The molecule has 2 saturated heterocycles. The van der Waals surface area contributed by atoms with Crippen molar-refractivity contribution in [3.05, 3.63) is 42.2 Å². The minimum atomic E-state index is -4.54. The standard InChI is InChI=1S/C20H17F3N4O2/c21-20(22,23)10-1-3-13(16(28)7-10)18-12-5-6-24-9-14(12)19(27-26-18)25-15-8-11-2-4-17(15)29-11/h1,3,5-7,9,11,15,17,28H,2,4,8H2,(H,25,27)/t11-,15+,17+/m1/s1. The topological polar surface area (TPSA) is 80.2 Å². The number of hydrogen-bond donors (Lipinski definition) is 2. The van der Waals surface area contributed by atoms with Crippen LogP contribution in [0.5, 0.6) is 5.75 Å². The zero-order chi connectivity index (χ0) is 20.2. The second-order valence-electron chi connectivity index (χ2n) is 7.41. The van der Waals surface area contributed by atoms with Crippen molar-refractivity contribution >= 4 is 16.6 Å². The number of halogens is 3. The summed E-state index contributed by atoms with van der Waals surface area (Å²) in [6.45, 7) is 0. The number of fused-ring (bicyclic) bond motifs is 3. The maximum Gasteiger partial charge on any atom is 0.416 e. The van der Waals surface area contributed by atoms with E-state index in [4.69, 9.17) is 4.74 Å². The van der Waals surface area contributed by atoms with Crippen LogP contribution >= 0.6 is 0 Å². The smallest absolute Gasteiger partial charge is 0.416 e. The Bertz CT molecular complexity index is 1090. The van der Waals surface area contributed by atoms with E-state index in [1.54, 1.807) is 18.5 Å². The molecule has 0 unspecified atom stereocenters. The van der Waals surface area contributed by atoms with E-state index in [1.807, 2.05) is 0 Å². The van der Waals surface area contributed by atoms with Gasteiger partial charge in [0, 0.05) is 28.7 Å². The second kappa shape index (κ2) is 6.55. The van der Waals surface area contributed by atoms with Crippen LogP contribution in [0.2, 0.25) is 0 Å². The molecule has 29 heavy (non-hydrogen) atoms. The molecular weight excluding hydrogens is 385 g/mol. The summed E-state index contributed by atoms with van der Waals surface area (Å²) in [6, 6.07) is 4.67. The minimum Gasteiger partial charge on any atom is -0.507 e. The number of benzene rings is 1. The van der Waals surface area contributed by atoms with Gasteiger partial charge in [0.05, 0.1) is 23.8 Å². The predicted octanol–water partition coefficient (Wildman–Crippen LogP) is 4.15. The van der Waals surface area contributed by atoms with E-state index in [0.29, 0.717) is 28.4 Å². The molecule has 0 spiro atoms. The molecule has 0 saturated carbocycles. The second-order valence-corrected chi connectivity index (χ2v) is 7.41. The number of aromatic hydroxyl groups is 1. The molecule has 0 aliphatic carbocycles. The summed E-state index contributed by atoms with van der Waals surface area (Å²) in [5, 5.41) is 23.4. The molecule has 2 aromatic heterocycles. The summed E-state index contributed by atoms with van der Waals surface area (Å²) in [4.78, 5) is 4.15. The lowest BCUT2D eigenvalue weighted by Gasteiger charge is -2.21. The number of aromatic nitrogens is 3. The fourth-order valence-corrected chi connectivity index (χ4v) is 4.18. The van der Waals surface area contributed by atoms with Crippen LogP contribution in [-0.4, -0.2) is 38.5 Å². The molecule has 4 heterocycles. The van der Waals surface area contributed by atoms with E-state index < -0.39 is 17.5 Å². The highest BCUT2D eigenvalue weighted by atomic mass is 19.4. The molecular formula is C20H17F3N4O2. The lowest BCUT2D eigenvalue weighted by Crippen LogP contribution is -2.31. The lowest BCUT2D eigenvalue weighted by molar-refractivity contribution is -0.137. The summed E-state index contributed by atoms with van der Waals surface area (Å²) in [5.74, 6) is 0.0406. The Morgan fingerprint density at radius 1 is 1.10 bits per heavy atom. The molecule has 2 bridgehead atoms. The molecule has 150 valence electrons. The van der Waals surface area contributed by atoms with Gasteiger partial charge >= 0.3 is 6.18 Å².